The van der Waals surface area contributed by atoms with Crippen LogP contribution in [0.1, 0.15) is 32.4 Å². The van der Waals surface area contributed by atoms with Crippen molar-refractivity contribution in [1.82, 2.24) is 0 Å². The third-order valence-corrected chi connectivity index (χ3v) is 7.65. The molecule has 1 rings (SSSR count). The molecule has 1 heterocycles. The zero-order chi connectivity index (χ0) is 12.4. The fourth-order valence-corrected chi connectivity index (χ4v) is 2.24. The van der Waals surface area contributed by atoms with Gasteiger partial charge in [-0.3, -0.25) is 0 Å². The second-order valence-electron chi connectivity index (χ2n) is 5.48. The van der Waals surface area contributed by atoms with E-state index in [0.29, 0.717) is 0 Å². The molecule has 0 saturated heterocycles. The molecule has 0 N–H and O–H groups in total. The van der Waals surface area contributed by atoms with E-state index >= 15 is 0 Å². The molecular formula is C13H20O2Si. The van der Waals surface area contributed by atoms with Crippen LogP contribution in [0.4, 0.5) is 0 Å². The summed E-state index contributed by atoms with van der Waals surface area (Å²) in [6, 6.07) is 1.86. The standard InChI is InChI=1S/C13H20O2Si/c1-7-12(11-8-9-14-10-11)15-16(5,6)13(2,3)4/h1,8-10,12H,2-6H3. The molecule has 1 atom stereocenters. The Morgan fingerprint density at radius 3 is 2.44 bits per heavy atom. The van der Waals surface area contributed by atoms with Crippen molar-refractivity contribution in [3.05, 3.63) is 24.2 Å². The number of terminal acetylenes is 1. The predicted molar refractivity (Wildman–Crippen MR) is 68.6 cm³/mol. The monoisotopic (exact) mass is 236 g/mol. The number of hydrogen-bond acceptors (Lipinski definition) is 2. The van der Waals surface area contributed by atoms with Gasteiger partial charge in [0.1, 0.15) is 6.10 Å². The van der Waals surface area contributed by atoms with Crippen LogP contribution in [0.25, 0.3) is 0 Å². The Kier molecular flexibility index (Phi) is 3.67. The van der Waals surface area contributed by atoms with Crippen molar-refractivity contribution in [3.8, 4) is 12.3 Å². The van der Waals surface area contributed by atoms with Gasteiger partial charge in [-0.2, -0.15) is 0 Å². The predicted octanol–water partition coefficient (Wildman–Crippen LogP) is 3.98. The summed E-state index contributed by atoms with van der Waals surface area (Å²) in [6.45, 7) is 11.0. The minimum atomic E-state index is -1.83. The van der Waals surface area contributed by atoms with E-state index in [4.69, 9.17) is 15.3 Å². The molecule has 1 unspecified atom stereocenters. The third kappa shape index (κ3) is 2.78. The first-order valence-corrected chi connectivity index (χ1v) is 8.35. The first kappa shape index (κ1) is 13.1. The lowest BCUT2D eigenvalue weighted by Gasteiger charge is -2.37. The molecule has 0 aliphatic rings. The van der Waals surface area contributed by atoms with Gasteiger partial charge in [0, 0.05) is 5.56 Å². The molecule has 16 heavy (non-hydrogen) atoms. The second-order valence-corrected chi connectivity index (χ2v) is 10.2. The SMILES string of the molecule is C#CC(O[Si](C)(C)C(C)(C)C)c1ccoc1. The van der Waals surface area contributed by atoms with Crippen LogP contribution >= 0.6 is 0 Å². The van der Waals surface area contributed by atoms with E-state index in [9.17, 15) is 0 Å². The first-order valence-electron chi connectivity index (χ1n) is 5.44. The molecule has 0 bridgehead atoms. The van der Waals surface area contributed by atoms with Gasteiger partial charge in [0.05, 0.1) is 12.5 Å². The summed E-state index contributed by atoms with van der Waals surface area (Å²) in [7, 11) is -1.83. The summed E-state index contributed by atoms with van der Waals surface area (Å²) in [5.41, 5.74) is 0.923. The fourth-order valence-electron chi connectivity index (χ4n) is 1.09. The van der Waals surface area contributed by atoms with Crippen molar-refractivity contribution in [2.75, 3.05) is 0 Å². The summed E-state index contributed by atoms with van der Waals surface area (Å²) in [5, 5.41) is 0.159. The second kappa shape index (κ2) is 4.48. The number of furan rings is 1. The number of hydrogen-bond donors (Lipinski definition) is 0. The van der Waals surface area contributed by atoms with E-state index in [-0.39, 0.29) is 11.1 Å². The van der Waals surface area contributed by atoms with Crippen LogP contribution in [0.15, 0.2) is 23.0 Å². The van der Waals surface area contributed by atoms with E-state index < -0.39 is 8.32 Å². The van der Waals surface area contributed by atoms with Gasteiger partial charge < -0.3 is 8.84 Å². The van der Waals surface area contributed by atoms with Crippen molar-refractivity contribution in [2.24, 2.45) is 0 Å². The largest absolute Gasteiger partial charge is 0.472 e. The Morgan fingerprint density at radius 1 is 1.44 bits per heavy atom. The van der Waals surface area contributed by atoms with Gasteiger partial charge in [0.15, 0.2) is 8.32 Å². The van der Waals surface area contributed by atoms with Gasteiger partial charge in [0.25, 0.3) is 0 Å². The van der Waals surface area contributed by atoms with Crippen molar-refractivity contribution >= 4 is 8.32 Å². The Hall–Kier alpha value is -0.983. The first-order chi connectivity index (χ1) is 7.28. The quantitative estimate of drug-likeness (QED) is 0.585. The zero-order valence-electron chi connectivity index (χ0n) is 10.7. The highest BCUT2D eigenvalue weighted by atomic mass is 28.4. The van der Waals surface area contributed by atoms with Crippen LogP contribution < -0.4 is 0 Å². The Bertz CT molecular complexity index is 366. The molecule has 0 aromatic carbocycles. The molecule has 1 aromatic heterocycles. The Morgan fingerprint density at radius 2 is 2.06 bits per heavy atom. The molecule has 3 heteroatoms. The van der Waals surface area contributed by atoms with Gasteiger partial charge in [-0.05, 0) is 24.2 Å². The summed E-state index contributed by atoms with van der Waals surface area (Å²) in [6.07, 6.45) is 8.50. The van der Waals surface area contributed by atoms with Crippen molar-refractivity contribution in [3.63, 3.8) is 0 Å². The van der Waals surface area contributed by atoms with Crippen LogP contribution in [0, 0.1) is 12.3 Å². The molecule has 0 saturated carbocycles. The molecule has 1 aromatic rings. The van der Waals surface area contributed by atoms with Gasteiger partial charge in [-0.15, -0.1) is 6.42 Å². The van der Waals surface area contributed by atoms with Crippen LogP contribution in [-0.2, 0) is 4.43 Å². The minimum Gasteiger partial charge on any atom is -0.472 e. The van der Waals surface area contributed by atoms with Gasteiger partial charge in [0.2, 0.25) is 0 Å². The highest BCUT2D eigenvalue weighted by molar-refractivity contribution is 6.74. The van der Waals surface area contributed by atoms with Gasteiger partial charge in [-0.1, -0.05) is 26.7 Å². The highest BCUT2D eigenvalue weighted by Crippen LogP contribution is 2.39. The maximum Gasteiger partial charge on any atom is 0.194 e. The molecule has 0 aliphatic carbocycles. The normalized spacial score (nSPS) is 14.5. The number of rotatable bonds is 3. The molecule has 88 valence electrons. The third-order valence-electron chi connectivity index (χ3n) is 3.22. The van der Waals surface area contributed by atoms with Gasteiger partial charge in [-0.25, -0.2) is 0 Å². The topological polar surface area (TPSA) is 22.4 Å². The summed E-state index contributed by atoms with van der Waals surface area (Å²) in [4.78, 5) is 0. The van der Waals surface area contributed by atoms with E-state index in [0.717, 1.165) is 5.56 Å². The Labute approximate surface area is 99.1 Å². The zero-order valence-corrected chi connectivity index (χ0v) is 11.7. The summed E-state index contributed by atoms with van der Waals surface area (Å²) >= 11 is 0. The van der Waals surface area contributed by atoms with Crippen molar-refractivity contribution in [2.45, 2.75) is 45.0 Å². The van der Waals surface area contributed by atoms with E-state index in [2.05, 4.69) is 39.8 Å². The summed E-state index contributed by atoms with van der Waals surface area (Å²) < 4.78 is 11.2. The van der Waals surface area contributed by atoms with E-state index in [1.807, 2.05) is 6.07 Å². The van der Waals surface area contributed by atoms with Crippen LogP contribution in [0.5, 0.6) is 0 Å². The fraction of sp³-hybridized carbons (Fsp3) is 0.538. The average molecular weight is 236 g/mol. The molecule has 2 nitrogen and oxygen atoms in total. The molecule has 0 spiro atoms. The smallest absolute Gasteiger partial charge is 0.194 e. The molecule has 0 radical (unpaired) electrons. The average Bonchev–Trinajstić information content (AvgIpc) is 2.65. The highest BCUT2D eigenvalue weighted by Gasteiger charge is 2.39. The van der Waals surface area contributed by atoms with Crippen molar-refractivity contribution < 1.29 is 8.84 Å². The summed E-state index contributed by atoms with van der Waals surface area (Å²) in [5.74, 6) is 2.69. The minimum absolute atomic E-state index is 0.159. The lowest BCUT2D eigenvalue weighted by Crippen LogP contribution is -2.41. The van der Waals surface area contributed by atoms with E-state index in [1.54, 1.807) is 12.5 Å². The maximum atomic E-state index is 6.14. The maximum absolute atomic E-state index is 6.14. The van der Waals surface area contributed by atoms with Crippen LogP contribution in [-0.4, -0.2) is 8.32 Å². The lowest BCUT2D eigenvalue weighted by atomic mass is 10.2. The Balaban J connectivity index is 2.84. The lowest BCUT2D eigenvalue weighted by molar-refractivity contribution is 0.237. The van der Waals surface area contributed by atoms with E-state index in [1.165, 1.54) is 0 Å². The van der Waals surface area contributed by atoms with Crippen LogP contribution in [0.3, 0.4) is 0 Å². The molecular weight excluding hydrogens is 216 g/mol. The van der Waals surface area contributed by atoms with Crippen molar-refractivity contribution in [1.29, 1.82) is 0 Å². The van der Waals surface area contributed by atoms with Crippen LogP contribution in [0.2, 0.25) is 18.1 Å². The molecule has 0 amide bonds. The molecule has 0 aliphatic heterocycles. The molecule has 0 fully saturated rings. The van der Waals surface area contributed by atoms with Gasteiger partial charge >= 0.3 is 0 Å².